The van der Waals surface area contributed by atoms with E-state index in [9.17, 15) is 14.4 Å². The van der Waals surface area contributed by atoms with Crippen LogP contribution in [-0.2, 0) is 11.3 Å². The predicted molar refractivity (Wildman–Crippen MR) is 81.5 cm³/mol. The van der Waals surface area contributed by atoms with E-state index in [1.54, 1.807) is 34.2 Å². The summed E-state index contributed by atoms with van der Waals surface area (Å²) in [5.41, 5.74) is 6.71. The van der Waals surface area contributed by atoms with Crippen LogP contribution in [0.3, 0.4) is 0 Å². The van der Waals surface area contributed by atoms with Crippen molar-refractivity contribution in [1.29, 1.82) is 0 Å². The minimum absolute atomic E-state index is 0.0853. The van der Waals surface area contributed by atoms with Crippen molar-refractivity contribution in [3.8, 4) is 0 Å². The second-order valence-corrected chi connectivity index (χ2v) is 5.32. The van der Waals surface area contributed by atoms with E-state index < -0.39 is 5.91 Å². The van der Waals surface area contributed by atoms with Gasteiger partial charge in [-0.25, -0.2) is 0 Å². The summed E-state index contributed by atoms with van der Waals surface area (Å²) in [7, 11) is 0. The van der Waals surface area contributed by atoms with Gasteiger partial charge in [-0.05, 0) is 19.1 Å². The highest BCUT2D eigenvalue weighted by molar-refractivity contribution is 7.07. The minimum Gasteiger partial charge on any atom is -0.366 e. The van der Waals surface area contributed by atoms with Gasteiger partial charge in [-0.3, -0.25) is 14.4 Å². The van der Waals surface area contributed by atoms with Crippen LogP contribution in [0.4, 0.5) is 5.69 Å². The number of carbonyl (C=O) groups excluding carboxylic acids is 2. The number of amides is 2. The van der Waals surface area contributed by atoms with E-state index in [1.807, 2.05) is 6.92 Å². The molecule has 0 atom stereocenters. The first-order chi connectivity index (χ1) is 9.99. The van der Waals surface area contributed by atoms with Crippen molar-refractivity contribution in [3.63, 3.8) is 0 Å². The molecular weight excluding hydrogens is 290 g/mol. The molecule has 0 saturated carbocycles. The van der Waals surface area contributed by atoms with E-state index in [2.05, 4.69) is 5.32 Å². The number of thiazole rings is 1. The largest absolute Gasteiger partial charge is 0.366 e. The first-order valence-corrected chi connectivity index (χ1v) is 7.20. The molecule has 2 amide bonds. The molecule has 1 heterocycles. The Hall–Kier alpha value is -2.41. The van der Waals surface area contributed by atoms with Crippen molar-refractivity contribution < 1.29 is 9.59 Å². The maximum atomic E-state index is 11.9. The predicted octanol–water partition coefficient (Wildman–Crippen LogP) is 1.35. The molecule has 1 aromatic heterocycles. The fraction of sp³-hybridized carbons (Fsp3) is 0.214. The average Bonchev–Trinajstić information content (AvgIpc) is 2.76. The lowest BCUT2D eigenvalue weighted by Gasteiger charge is -2.09. The Balaban J connectivity index is 2.03. The Morgan fingerprint density at radius 3 is 2.67 bits per heavy atom. The third-order valence-corrected chi connectivity index (χ3v) is 3.89. The van der Waals surface area contributed by atoms with Crippen LogP contribution in [0, 0.1) is 6.92 Å². The van der Waals surface area contributed by atoms with Crippen LogP contribution < -0.4 is 15.9 Å². The summed E-state index contributed by atoms with van der Waals surface area (Å²) in [5.74, 6) is -0.878. The van der Waals surface area contributed by atoms with Gasteiger partial charge in [0, 0.05) is 24.0 Å². The molecule has 3 N–H and O–H groups in total. The van der Waals surface area contributed by atoms with Crippen LogP contribution in [-0.4, -0.2) is 16.4 Å². The summed E-state index contributed by atoms with van der Waals surface area (Å²) < 4.78 is 1.55. The molecule has 0 aliphatic carbocycles. The highest BCUT2D eigenvalue weighted by atomic mass is 32.1. The number of rotatable bonds is 5. The Bertz CT molecular complexity index is 733. The van der Waals surface area contributed by atoms with Crippen LogP contribution >= 0.6 is 11.3 Å². The van der Waals surface area contributed by atoms with Crippen molar-refractivity contribution in [2.24, 2.45) is 5.73 Å². The molecule has 0 unspecified atom stereocenters. The summed E-state index contributed by atoms with van der Waals surface area (Å²) in [4.78, 5) is 34.7. The number of hydrogen-bond acceptors (Lipinski definition) is 4. The third kappa shape index (κ3) is 3.57. The normalized spacial score (nSPS) is 10.3. The first kappa shape index (κ1) is 15.0. The van der Waals surface area contributed by atoms with Crippen molar-refractivity contribution >= 4 is 28.8 Å². The molecule has 2 rings (SSSR count). The second kappa shape index (κ2) is 6.36. The maximum Gasteiger partial charge on any atom is 0.307 e. The molecule has 110 valence electrons. The smallest absolute Gasteiger partial charge is 0.307 e. The van der Waals surface area contributed by atoms with E-state index in [-0.39, 0.29) is 22.8 Å². The lowest BCUT2D eigenvalue weighted by atomic mass is 10.1. The lowest BCUT2D eigenvalue weighted by Crippen LogP contribution is -2.21. The molecule has 1 aromatic carbocycles. The van der Waals surface area contributed by atoms with Gasteiger partial charge in [0.2, 0.25) is 5.91 Å². The molecule has 0 saturated heterocycles. The van der Waals surface area contributed by atoms with E-state index >= 15 is 0 Å². The van der Waals surface area contributed by atoms with Gasteiger partial charge in [0.05, 0.1) is 11.3 Å². The fourth-order valence-electron chi connectivity index (χ4n) is 1.91. The van der Waals surface area contributed by atoms with E-state index in [0.717, 1.165) is 17.0 Å². The van der Waals surface area contributed by atoms with Crippen molar-refractivity contribution in [2.75, 3.05) is 5.32 Å². The molecule has 0 radical (unpaired) electrons. The number of para-hydroxylation sites is 1. The van der Waals surface area contributed by atoms with Crippen LogP contribution in [0.25, 0.3) is 0 Å². The summed E-state index contributed by atoms with van der Waals surface area (Å²) in [6.07, 6.45) is 0.143. The molecular formula is C14H15N3O3S. The Labute approximate surface area is 125 Å². The van der Waals surface area contributed by atoms with Gasteiger partial charge in [0.15, 0.2) is 0 Å². The average molecular weight is 305 g/mol. The first-order valence-electron chi connectivity index (χ1n) is 6.32. The summed E-state index contributed by atoms with van der Waals surface area (Å²) in [6.45, 7) is 2.12. The molecule has 7 heteroatoms. The zero-order chi connectivity index (χ0) is 15.4. The topological polar surface area (TPSA) is 94.2 Å². The van der Waals surface area contributed by atoms with E-state index in [4.69, 9.17) is 5.73 Å². The molecule has 6 nitrogen and oxygen atoms in total. The van der Waals surface area contributed by atoms with Gasteiger partial charge in [0.1, 0.15) is 0 Å². The highest BCUT2D eigenvalue weighted by Crippen LogP contribution is 2.14. The molecule has 0 aliphatic rings. The molecule has 0 aliphatic heterocycles. The van der Waals surface area contributed by atoms with Crippen LogP contribution in [0.5, 0.6) is 0 Å². The Morgan fingerprint density at radius 2 is 2.05 bits per heavy atom. The number of carbonyl (C=O) groups is 2. The number of primary amides is 1. The number of benzene rings is 1. The van der Waals surface area contributed by atoms with E-state index in [1.165, 1.54) is 0 Å². The quantitative estimate of drug-likeness (QED) is 0.873. The van der Waals surface area contributed by atoms with Crippen molar-refractivity contribution in [2.45, 2.75) is 19.9 Å². The molecule has 0 fully saturated rings. The zero-order valence-corrected chi connectivity index (χ0v) is 12.3. The highest BCUT2D eigenvalue weighted by Gasteiger charge is 2.11. The number of aryl methyl sites for hydroxylation is 1. The number of nitrogens with one attached hydrogen (secondary N) is 1. The Kier molecular flexibility index (Phi) is 4.54. The lowest BCUT2D eigenvalue weighted by molar-refractivity contribution is -0.116. The van der Waals surface area contributed by atoms with Crippen LogP contribution in [0.15, 0.2) is 34.4 Å². The van der Waals surface area contributed by atoms with Crippen molar-refractivity contribution in [3.05, 3.63) is 50.6 Å². The Morgan fingerprint density at radius 1 is 1.33 bits per heavy atom. The number of nitrogens with two attached hydrogens (primary N) is 1. The fourth-order valence-corrected chi connectivity index (χ4v) is 2.67. The minimum atomic E-state index is -0.601. The van der Waals surface area contributed by atoms with Crippen LogP contribution in [0.1, 0.15) is 22.5 Å². The van der Waals surface area contributed by atoms with Crippen LogP contribution in [0.2, 0.25) is 0 Å². The molecule has 21 heavy (non-hydrogen) atoms. The monoisotopic (exact) mass is 305 g/mol. The van der Waals surface area contributed by atoms with E-state index in [0.29, 0.717) is 12.2 Å². The van der Waals surface area contributed by atoms with Gasteiger partial charge >= 0.3 is 4.87 Å². The van der Waals surface area contributed by atoms with Gasteiger partial charge in [-0.1, -0.05) is 23.5 Å². The van der Waals surface area contributed by atoms with Crippen molar-refractivity contribution in [1.82, 2.24) is 4.57 Å². The summed E-state index contributed by atoms with van der Waals surface area (Å²) in [6, 6.07) is 6.53. The summed E-state index contributed by atoms with van der Waals surface area (Å²) >= 11 is 1.11. The number of nitrogens with zero attached hydrogens (tertiary/aromatic N) is 1. The number of anilines is 1. The zero-order valence-electron chi connectivity index (χ0n) is 11.5. The van der Waals surface area contributed by atoms with Gasteiger partial charge in [-0.15, -0.1) is 0 Å². The SMILES string of the molecule is Cc1csc(=O)n1CCC(=O)Nc1ccccc1C(N)=O. The number of hydrogen-bond donors (Lipinski definition) is 2. The van der Waals surface area contributed by atoms with Gasteiger partial charge in [-0.2, -0.15) is 0 Å². The van der Waals surface area contributed by atoms with Gasteiger partial charge in [0.25, 0.3) is 5.91 Å². The second-order valence-electron chi connectivity index (χ2n) is 4.50. The maximum absolute atomic E-state index is 11.9. The molecule has 0 spiro atoms. The summed E-state index contributed by atoms with van der Waals surface area (Å²) in [5, 5.41) is 4.39. The number of aromatic nitrogens is 1. The third-order valence-electron chi connectivity index (χ3n) is 3.01. The standard InChI is InChI=1S/C14H15N3O3S/c1-9-8-21-14(20)17(9)7-6-12(18)16-11-5-3-2-4-10(11)13(15)19/h2-5,8H,6-7H2,1H3,(H2,15,19)(H,16,18). The molecule has 0 bridgehead atoms. The molecule has 2 aromatic rings. The van der Waals surface area contributed by atoms with Gasteiger partial charge < -0.3 is 15.6 Å².